The van der Waals surface area contributed by atoms with Crippen LogP contribution in [0.1, 0.15) is 46.0 Å². The van der Waals surface area contributed by atoms with Crippen molar-refractivity contribution in [3.8, 4) is 0 Å². The molecule has 2 heteroatoms. The molecule has 3 atom stereocenters. The summed E-state index contributed by atoms with van der Waals surface area (Å²) in [5.41, 5.74) is 2.73. The normalized spacial score (nSPS) is 40.2. The Hall–Kier alpha value is -1.05. The molecule has 4 aliphatic carbocycles. The number of ketones is 1. The maximum atomic E-state index is 12.0. The smallest absolute Gasteiger partial charge is 0.166 e. The van der Waals surface area contributed by atoms with E-state index in [-0.39, 0.29) is 6.10 Å². The molecule has 5 aliphatic rings. The van der Waals surface area contributed by atoms with Crippen LogP contribution in [-0.2, 0) is 9.53 Å². The van der Waals surface area contributed by atoms with Gasteiger partial charge in [0.2, 0.25) is 0 Å². The van der Waals surface area contributed by atoms with E-state index < -0.39 is 0 Å². The second kappa shape index (κ2) is 3.28. The second-order valence-electron chi connectivity index (χ2n) is 6.91. The van der Waals surface area contributed by atoms with Gasteiger partial charge in [0.15, 0.2) is 5.78 Å². The summed E-state index contributed by atoms with van der Waals surface area (Å²) in [4.78, 5) is 12.0. The van der Waals surface area contributed by atoms with Crippen molar-refractivity contribution in [1.82, 2.24) is 0 Å². The van der Waals surface area contributed by atoms with Gasteiger partial charge >= 0.3 is 0 Å². The summed E-state index contributed by atoms with van der Waals surface area (Å²) >= 11 is 0. The van der Waals surface area contributed by atoms with Crippen molar-refractivity contribution in [3.63, 3.8) is 0 Å². The maximum absolute atomic E-state index is 12.0. The molecule has 0 aromatic rings. The summed E-state index contributed by atoms with van der Waals surface area (Å²) in [5, 5.41) is 0. The number of hydrogen-bond donors (Lipinski definition) is 0. The van der Waals surface area contributed by atoms with Crippen molar-refractivity contribution in [1.29, 1.82) is 0 Å². The SMILES string of the molecule is CC1(C)[C@H]2C[C@H]3OC4=C(C=C3[C@@H]1C2)C(=O)CCC4. The fraction of sp³-hybridized carbons (Fsp3) is 0.688. The number of ether oxygens (including phenoxy) is 1. The van der Waals surface area contributed by atoms with E-state index >= 15 is 0 Å². The van der Waals surface area contributed by atoms with Crippen molar-refractivity contribution in [2.24, 2.45) is 17.3 Å². The van der Waals surface area contributed by atoms with Gasteiger partial charge in [-0.15, -0.1) is 0 Å². The average Bonchev–Trinajstić information content (AvgIpc) is 2.36. The summed E-state index contributed by atoms with van der Waals surface area (Å²) in [7, 11) is 0. The van der Waals surface area contributed by atoms with E-state index in [9.17, 15) is 4.79 Å². The molecule has 0 spiro atoms. The van der Waals surface area contributed by atoms with Crippen LogP contribution in [0.5, 0.6) is 0 Å². The molecule has 3 saturated carbocycles. The molecule has 0 aromatic carbocycles. The fourth-order valence-corrected chi connectivity index (χ4v) is 4.37. The maximum Gasteiger partial charge on any atom is 0.166 e. The Morgan fingerprint density at radius 3 is 2.89 bits per heavy atom. The van der Waals surface area contributed by atoms with Gasteiger partial charge in [-0.25, -0.2) is 0 Å². The van der Waals surface area contributed by atoms with Crippen molar-refractivity contribution in [2.75, 3.05) is 0 Å². The van der Waals surface area contributed by atoms with Crippen molar-refractivity contribution >= 4 is 5.78 Å². The first kappa shape index (κ1) is 10.8. The molecule has 0 N–H and O–H groups in total. The molecule has 2 nitrogen and oxygen atoms in total. The Morgan fingerprint density at radius 1 is 1.28 bits per heavy atom. The third kappa shape index (κ3) is 1.21. The summed E-state index contributed by atoms with van der Waals surface area (Å²) < 4.78 is 6.15. The van der Waals surface area contributed by atoms with Gasteiger partial charge in [-0.1, -0.05) is 13.8 Å². The molecule has 3 fully saturated rings. The molecule has 0 radical (unpaired) electrons. The van der Waals surface area contributed by atoms with Crippen LogP contribution in [0.25, 0.3) is 0 Å². The van der Waals surface area contributed by atoms with E-state index in [1.54, 1.807) is 0 Å². The lowest BCUT2D eigenvalue weighted by Gasteiger charge is -2.60. The molecule has 0 unspecified atom stereocenters. The van der Waals surface area contributed by atoms with E-state index in [0.29, 0.717) is 23.5 Å². The highest BCUT2D eigenvalue weighted by atomic mass is 16.5. The lowest BCUT2D eigenvalue weighted by molar-refractivity contribution is -0.117. The highest BCUT2D eigenvalue weighted by Crippen LogP contribution is 2.62. The van der Waals surface area contributed by atoms with E-state index in [2.05, 4.69) is 19.9 Å². The summed E-state index contributed by atoms with van der Waals surface area (Å²) in [6.45, 7) is 4.74. The van der Waals surface area contributed by atoms with Gasteiger partial charge in [0, 0.05) is 12.8 Å². The number of carbonyl (C=O) groups is 1. The molecule has 18 heavy (non-hydrogen) atoms. The van der Waals surface area contributed by atoms with Gasteiger partial charge in [0.25, 0.3) is 0 Å². The van der Waals surface area contributed by atoms with Gasteiger partial charge < -0.3 is 4.74 Å². The minimum atomic E-state index is 0.284. The largest absolute Gasteiger partial charge is 0.490 e. The van der Waals surface area contributed by atoms with Gasteiger partial charge in [0.1, 0.15) is 11.9 Å². The molecular weight excluding hydrogens is 224 g/mol. The fourth-order valence-electron chi connectivity index (χ4n) is 4.37. The molecule has 0 aromatic heterocycles. The lowest BCUT2D eigenvalue weighted by atomic mass is 9.46. The lowest BCUT2D eigenvalue weighted by Crippen LogP contribution is -2.54. The van der Waals surface area contributed by atoms with Crippen LogP contribution in [0, 0.1) is 17.3 Å². The Kier molecular flexibility index (Phi) is 1.98. The van der Waals surface area contributed by atoms with E-state index in [0.717, 1.165) is 36.5 Å². The standard InChI is InChI=1S/C16H20O2/c1-16(2)9-6-12(16)10-8-11-13(17)4-3-5-14(11)18-15(10)7-9/h8-9,12,15H,3-7H2,1-2H3/t9-,12+,15-/m1/s1. The highest BCUT2D eigenvalue weighted by molar-refractivity contribution is 5.99. The van der Waals surface area contributed by atoms with Crippen LogP contribution in [0.3, 0.4) is 0 Å². The zero-order chi connectivity index (χ0) is 12.5. The number of hydrogen-bond acceptors (Lipinski definition) is 2. The first-order valence-electron chi connectivity index (χ1n) is 7.22. The van der Waals surface area contributed by atoms with Crippen LogP contribution in [0.2, 0.25) is 0 Å². The Bertz CT molecular complexity index is 495. The summed E-state index contributed by atoms with van der Waals surface area (Å²) in [6.07, 6.45) is 7.56. The first-order chi connectivity index (χ1) is 8.57. The topological polar surface area (TPSA) is 26.3 Å². The third-order valence-electron chi connectivity index (χ3n) is 5.75. The van der Waals surface area contributed by atoms with Gasteiger partial charge in [-0.05, 0) is 48.2 Å². The minimum absolute atomic E-state index is 0.284. The second-order valence-corrected chi connectivity index (χ2v) is 6.91. The third-order valence-corrected chi connectivity index (χ3v) is 5.75. The average molecular weight is 244 g/mol. The molecule has 0 saturated heterocycles. The van der Waals surface area contributed by atoms with Crippen LogP contribution in [0.15, 0.2) is 23.0 Å². The van der Waals surface area contributed by atoms with E-state index in [1.165, 1.54) is 12.0 Å². The first-order valence-corrected chi connectivity index (χ1v) is 7.22. The van der Waals surface area contributed by atoms with E-state index in [4.69, 9.17) is 4.74 Å². The molecule has 1 heterocycles. The summed E-state index contributed by atoms with van der Waals surface area (Å²) in [5.74, 6) is 2.73. The van der Waals surface area contributed by atoms with Crippen LogP contribution < -0.4 is 0 Å². The molecule has 5 rings (SSSR count). The van der Waals surface area contributed by atoms with Crippen molar-refractivity contribution in [2.45, 2.75) is 52.1 Å². The number of rotatable bonds is 0. The molecule has 96 valence electrons. The van der Waals surface area contributed by atoms with Crippen LogP contribution >= 0.6 is 0 Å². The Morgan fingerprint density at radius 2 is 2.11 bits per heavy atom. The van der Waals surface area contributed by atoms with Crippen LogP contribution in [0.4, 0.5) is 0 Å². The predicted molar refractivity (Wildman–Crippen MR) is 68.8 cm³/mol. The van der Waals surface area contributed by atoms with Crippen molar-refractivity contribution < 1.29 is 9.53 Å². The zero-order valence-corrected chi connectivity index (χ0v) is 11.2. The number of carbonyl (C=O) groups excluding carboxylic acids is 1. The van der Waals surface area contributed by atoms with Gasteiger partial charge in [0.05, 0.1) is 5.57 Å². The zero-order valence-electron chi connectivity index (χ0n) is 11.2. The summed E-state index contributed by atoms with van der Waals surface area (Å²) in [6, 6.07) is 0. The number of Topliss-reactive ketones (excluding diaryl/α,β-unsaturated/α-hetero) is 1. The highest BCUT2D eigenvalue weighted by Gasteiger charge is 2.56. The molecular formula is C16H20O2. The molecule has 2 bridgehead atoms. The van der Waals surface area contributed by atoms with Gasteiger partial charge in [-0.3, -0.25) is 4.79 Å². The molecule has 1 aliphatic heterocycles. The van der Waals surface area contributed by atoms with E-state index in [1.807, 2.05) is 0 Å². The predicted octanol–water partition coefficient (Wildman–Crippen LogP) is 3.38. The Balaban J connectivity index is 1.76. The minimum Gasteiger partial charge on any atom is -0.490 e. The van der Waals surface area contributed by atoms with Crippen molar-refractivity contribution in [3.05, 3.63) is 23.0 Å². The quantitative estimate of drug-likeness (QED) is 0.653. The Labute approximate surface area is 108 Å². The molecule has 0 amide bonds. The number of allylic oxidation sites excluding steroid dienone is 3. The monoisotopic (exact) mass is 244 g/mol. The van der Waals surface area contributed by atoms with Gasteiger partial charge in [-0.2, -0.15) is 0 Å². The van der Waals surface area contributed by atoms with Crippen LogP contribution in [-0.4, -0.2) is 11.9 Å².